The molecular formula is C13H17ClN4O2. The van der Waals surface area contributed by atoms with E-state index in [-0.39, 0.29) is 6.61 Å². The molecule has 0 spiro atoms. The fourth-order valence-electron chi connectivity index (χ4n) is 1.74. The predicted molar refractivity (Wildman–Crippen MR) is 76.0 cm³/mol. The number of ether oxygens (including phenoxy) is 2. The molecule has 1 heterocycles. The summed E-state index contributed by atoms with van der Waals surface area (Å²) in [5.74, 6) is 2.56. The van der Waals surface area contributed by atoms with Crippen LogP contribution in [0.5, 0.6) is 11.5 Å². The third-order valence-corrected chi connectivity index (χ3v) is 3.33. The van der Waals surface area contributed by atoms with Gasteiger partial charge in [0.2, 0.25) is 0 Å². The minimum absolute atomic E-state index is 0.259. The lowest BCUT2D eigenvalue weighted by Crippen LogP contribution is -2.06. The maximum atomic E-state index is 6.20. The first-order chi connectivity index (χ1) is 9.56. The monoisotopic (exact) mass is 296 g/mol. The molecule has 0 bridgehead atoms. The van der Waals surface area contributed by atoms with Gasteiger partial charge in [0.25, 0.3) is 0 Å². The van der Waals surface area contributed by atoms with Crippen molar-refractivity contribution in [2.75, 3.05) is 7.11 Å². The highest BCUT2D eigenvalue weighted by Crippen LogP contribution is 2.36. The largest absolute Gasteiger partial charge is 0.493 e. The fraction of sp³-hybridized carbons (Fsp3) is 0.385. The average molecular weight is 297 g/mol. The quantitative estimate of drug-likeness (QED) is 0.911. The Hall–Kier alpha value is -1.79. The normalized spacial score (nSPS) is 10.7. The molecule has 0 atom stereocenters. The van der Waals surface area contributed by atoms with Gasteiger partial charge in [-0.3, -0.25) is 0 Å². The molecule has 0 saturated heterocycles. The van der Waals surface area contributed by atoms with E-state index in [1.54, 1.807) is 13.2 Å². The Labute approximate surface area is 122 Å². The topological polar surface area (TPSA) is 75.2 Å². The van der Waals surface area contributed by atoms with E-state index in [9.17, 15) is 0 Å². The molecule has 6 nitrogen and oxygen atoms in total. The van der Waals surface area contributed by atoms with Crippen molar-refractivity contribution >= 4 is 11.6 Å². The Balaban J connectivity index is 2.23. The lowest BCUT2D eigenvalue weighted by molar-refractivity contribution is 0.272. The summed E-state index contributed by atoms with van der Waals surface area (Å²) in [6.45, 7) is 2.52. The number of methoxy groups -OCH3 is 1. The van der Waals surface area contributed by atoms with Gasteiger partial charge in [-0.05, 0) is 24.6 Å². The van der Waals surface area contributed by atoms with Crippen molar-refractivity contribution in [2.24, 2.45) is 12.8 Å². The maximum absolute atomic E-state index is 6.20. The summed E-state index contributed by atoms with van der Waals surface area (Å²) in [5, 5.41) is 8.47. The molecule has 0 radical (unpaired) electrons. The molecule has 0 aliphatic rings. The van der Waals surface area contributed by atoms with Gasteiger partial charge in [0.05, 0.1) is 12.1 Å². The zero-order chi connectivity index (χ0) is 14.7. The van der Waals surface area contributed by atoms with E-state index in [0.717, 1.165) is 11.4 Å². The van der Waals surface area contributed by atoms with E-state index >= 15 is 0 Å². The van der Waals surface area contributed by atoms with Gasteiger partial charge < -0.3 is 19.8 Å². The third kappa shape index (κ3) is 2.86. The van der Waals surface area contributed by atoms with Gasteiger partial charge in [-0.1, -0.05) is 11.6 Å². The summed E-state index contributed by atoms with van der Waals surface area (Å²) < 4.78 is 12.9. The van der Waals surface area contributed by atoms with Gasteiger partial charge in [0, 0.05) is 13.6 Å². The van der Waals surface area contributed by atoms with Crippen molar-refractivity contribution in [2.45, 2.75) is 20.1 Å². The summed E-state index contributed by atoms with van der Waals surface area (Å²) in [6, 6.07) is 3.57. The van der Waals surface area contributed by atoms with E-state index in [1.807, 2.05) is 24.6 Å². The van der Waals surface area contributed by atoms with Crippen LogP contribution in [0, 0.1) is 6.92 Å². The SMILES string of the molecule is COc1cc(CN)cc(Cl)c1OCc1nnc(C)n1C. The maximum Gasteiger partial charge on any atom is 0.180 e. The van der Waals surface area contributed by atoms with Crippen LogP contribution in [0.15, 0.2) is 12.1 Å². The van der Waals surface area contributed by atoms with Gasteiger partial charge in [-0.25, -0.2) is 0 Å². The number of aryl methyl sites for hydroxylation is 1. The molecule has 0 unspecified atom stereocenters. The Morgan fingerprint density at radius 3 is 2.65 bits per heavy atom. The number of nitrogens with two attached hydrogens (primary N) is 1. The van der Waals surface area contributed by atoms with Crippen LogP contribution in [-0.4, -0.2) is 21.9 Å². The standard InChI is InChI=1S/C13H17ClN4O2/c1-8-16-17-12(18(8)2)7-20-13-10(14)4-9(6-15)5-11(13)19-3/h4-5H,6-7,15H2,1-3H3. The average Bonchev–Trinajstić information content (AvgIpc) is 2.76. The van der Waals surface area contributed by atoms with Crippen molar-refractivity contribution in [3.63, 3.8) is 0 Å². The third-order valence-electron chi connectivity index (χ3n) is 3.05. The lowest BCUT2D eigenvalue weighted by Gasteiger charge is -2.13. The molecule has 2 N–H and O–H groups in total. The van der Waals surface area contributed by atoms with Crippen LogP contribution in [0.4, 0.5) is 0 Å². The second-order valence-electron chi connectivity index (χ2n) is 4.32. The summed E-state index contributed by atoms with van der Waals surface area (Å²) in [6.07, 6.45) is 0. The van der Waals surface area contributed by atoms with Gasteiger partial charge >= 0.3 is 0 Å². The van der Waals surface area contributed by atoms with Crippen molar-refractivity contribution in [1.29, 1.82) is 0 Å². The van der Waals surface area contributed by atoms with Gasteiger partial charge in [-0.15, -0.1) is 10.2 Å². The minimum Gasteiger partial charge on any atom is -0.493 e. The number of aromatic nitrogens is 3. The summed E-state index contributed by atoms with van der Waals surface area (Å²) >= 11 is 6.20. The van der Waals surface area contributed by atoms with Gasteiger partial charge in [-0.2, -0.15) is 0 Å². The highest BCUT2D eigenvalue weighted by Gasteiger charge is 2.13. The van der Waals surface area contributed by atoms with Crippen LogP contribution in [0.25, 0.3) is 0 Å². The van der Waals surface area contributed by atoms with Gasteiger partial charge in [0.15, 0.2) is 17.3 Å². The molecule has 0 aliphatic heterocycles. The van der Waals surface area contributed by atoms with Crippen LogP contribution < -0.4 is 15.2 Å². The Bertz CT molecular complexity index is 613. The number of halogens is 1. The molecule has 0 fully saturated rings. The van der Waals surface area contributed by atoms with Crippen molar-refractivity contribution in [3.05, 3.63) is 34.4 Å². The minimum atomic E-state index is 0.259. The number of rotatable bonds is 5. The van der Waals surface area contributed by atoms with Gasteiger partial charge in [0.1, 0.15) is 12.4 Å². The second kappa shape index (κ2) is 6.11. The molecule has 108 valence electrons. The molecule has 0 amide bonds. The Morgan fingerprint density at radius 1 is 1.35 bits per heavy atom. The van der Waals surface area contributed by atoms with Crippen molar-refractivity contribution in [1.82, 2.24) is 14.8 Å². The highest BCUT2D eigenvalue weighted by molar-refractivity contribution is 6.32. The first kappa shape index (κ1) is 14.6. The van der Waals surface area contributed by atoms with E-state index in [0.29, 0.717) is 28.9 Å². The molecule has 0 saturated carbocycles. The van der Waals surface area contributed by atoms with E-state index in [2.05, 4.69) is 10.2 Å². The zero-order valence-electron chi connectivity index (χ0n) is 11.7. The zero-order valence-corrected chi connectivity index (χ0v) is 12.4. The molecule has 20 heavy (non-hydrogen) atoms. The number of nitrogens with zero attached hydrogens (tertiary/aromatic N) is 3. The molecule has 0 aliphatic carbocycles. The first-order valence-electron chi connectivity index (χ1n) is 6.11. The smallest absolute Gasteiger partial charge is 0.180 e. The molecule has 7 heteroatoms. The van der Waals surface area contributed by atoms with E-state index in [1.165, 1.54) is 0 Å². The lowest BCUT2D eigenvalue weighted by atomic mass is 10.2. The van der Waals surface area contributed by atoms with E-state index in [4.69, 9.17) is 26.8 Å². The van der Waals surface area contributed by atoms with Crippen molar-refractivity contribution in [3.8, 4) is 11.5 Å². The Morgan fingerprint density at radius 2 is 2.10 bits per heavy atom. The number of benzene rings is 1. The van der Waals surface area contributed by atoms with Crippen LogP contribution >= 0.6 is 11.6 Å². The van der Waals surface area contributed by atoms with Crippen LogP contribution in [0.2, 0.25) is 5.02 Å². The fourth-order valence-corrected chi connectivity index (χ4v) is 2.03. The van der Waals surface area contributed by atoms with Crippen LogP contribution in [0.1, 0.15) is 17.2 Å². The van der Waals surface area contributed by atoms with Crippen LogP contribution in [-0.2, 0) is 20.2 Å². The second-order valence-corrected chi connectivity index (χ2v) is 4.73. The predicted octanol–water partition coefficient (Wildman–Crippen LogP) is 1.82. The van der Waals surface area contributed by atoms with Crippen LogP contribution in [0.3, 0.4) is 0 Å². The van der Waals surface area contributed by atoms with E-state index < -0.39 is 0 Å². The molecule has 2 rings (SSSR count). The molecule has 1 aromatic carbocycles. The highest BCUT2D eigenvalue weighted by atomic mass is 35.5. The molecular weight excluding hydrogens is 280 g/mol. The number of hydrogen-bond donors (Lipinski definition) is 1. The molecule has 2 aromatic rings. The van der Waals surface area contributed by atoms with Crippen molar-refractivity contribution < 1.29 is 9.47 Å². The first-order valence-corrected chi connectivity index (χ1v) is 6.48. The summed E-state index contributed by atoms with van der Waals surface area (Å²) in [5.41, 5.74) is 6.49. The summed E-state index contributed by atoms with van der Waals surface area (Å²) in [7, 11) is 3.44. The number of hydrogen-bond acceptors (Lipinski definition) is 5. The Kier molecular flexibility index (Phi) is 4.46. The molecule has 1 aromatic heterocycles. The summed E-state index contributed by atoms with van der Waals surface area (Å²) in [4.78, 5) is 0.